The van der Waals surface area contributed by atoms with Gasteiger partial charge in [0.1, 0.15) is 16.6 Å². The molecule has 1 aromatic carbocycles. The molecule has 0 aliphatic rings. The SMILES string of the molecule is CC(C)c1nnc(NC(=O)/C(C#N)=C/c2ccc(O)c(O)c2)s1. The van der Waals surface area contributed by atoms with Crippen LogP contribution in [0.2, 0.25) is 0 Å². The maximum absolute atomic E-state index is 12.1. The Morgan fingerprint density at radius 1 is 1.35 bits per heavy atom. The summed E-state index contributed by atoms with van der Waals surface area (Å²) in [6.45, 7) is 3.92. The van der Waals surface area contributed by atoms with Gasteiger partial charge in [0.25, 0.3) is 5.91 Å². The summed E-state index contributed by atoms with van der Waals surface area (Å²) in [6.07, 6.45) is 1.30. The summed E-state index contributed by atoms with van der Waals surface area (Å²) in [6, 6.07) is 5.79. The lowest BCUT2D eigenvalue weighted by Crippen LogP contribution is -2.13. The molecule has 1 amide bonds. The first-order chi connectivity index (χ1) is 10.9. The van der Waals surface area contributed by atoms with Crippen molar-refractivity contribution >= 4 is 28.5 Å². The molecular formula is C15H14N4O3S. The Morgan fingerprint density at radius 3 is 2.65 bits per heavy atom. The molecule has 1 aromatic heterocycles. The van der Waals surface area contributed by atoms with Crippen LogP contribution < -0.4 is 5.32 Å². The van der Waals surface area contributed by atoms with E-state index in [4.69, 9.17) is 5.26 Å². The molecule has 0 saturated carbocycles. The molecule has 23 heavy (non-hydrogen) atoms. The van der Waals surface area contributed by atoms with Gasteiger partial charge in [0, 0.05) is 5.92 Å². The number of carbonyl (C=O) groups is 1. The van der Waals surface area contributed by atoms with Crippen LogP contribution in [0.4, 0.5) is 5.13 Å². The third kappa shape index (κ3) is 4.05. The smallest absolute Gasteiger partial charge is 0.268 e. The fourth-order valence-corrected chi connectivity index (χ4v) is 2.37. The molecule has 2 rings (SSSR count). The Hall–Kier alpha value is -2.92. The monoisotopic (exact) mass is 330 g/mol. The largest absolute Gasteiger partial charge is 0.504 e. The summed E-state index contributed by atoms with van der Waals surface area (Å²) in [7, 11) is 0. The van der Waals surface area contributed by atoms with E-state index in [2.05, 4.69) is 15.5 Å². The number of rotatable bonds is 4. The first kappa shape index (κ1) is 16.5. The number of aromatic nitrogens is 2. The minimum Gasteiger partial charge on any atom is -0.504 e. The van der Waals surface area contributed by atoms with Gasteiger partial charge in [-0.3, -0.25) is 10.1 Å². The third-order valence-electron chi connectivity index (χ3n) is 2.83. The Balaban J connectivity index is 2.19. The van der Waals surface area contributed by atoms with Crippen molar-refractivity contribution in [1.29, 1.82) is 5.26 Å². The number of anilines is 1. The van der Waals surface area contributed by atoms with E-state index in [1.807, 2.05) is 13.8 Å². The molecule has 0 atom stereocenters. The highest BCUT2D eigenvalue weighted by atomic mass is 32.1. The highest BCUT2D eigenvalue weighted by Crippen LogP contribution is 2.26. The second-order valence-electron chi connectivity index (χ2n) is 4.97. The number of phenols is 2. The van der Waals surface area contributed by atoms with Crippen LogP contribution in [0.15, 0.2) is 23.8 Å². The average molecular weight is 330 g/mol. The summed E-state index contributed by atoms with van der Waals surface area (Å²) < 4.78 is 0. The van der Waals surface area contributed by atoms with Gasteiger partial charge in [-0.05, 0) is 23.8 Å². The molecule has 0 saturated heterocycles. The van der Waals surface area contributed by atoms with Crippen LogP contribution in [0.3, 0.4) is 0 Å². The van der Waals surface area contributed by atoms with E-state index in [0.717, 1.165) is 5.01 Å². The zero-order valence-corrected chi connectivity index (χ0v) is 13.3. The van der Waals surface area contributed by atoms with Gasteiger partial charge in [0.2, 0.25) is 5.13 Å². The van der Waals surface area contributed by atoms with Crippen LogP contribution in [0, 0.1) is 11.3 Å². The van der Waals surface area contributed by atoms with E-state index in [1.54, 1.807) is 6.07 Å². The lowest BCUT2D eigenvalue weighted by Gasteiger charge is -2.01. The van der Waals surface area contributed by atoms with Gasteiger partial charge in [0.15, 0.2) is 11.5 Å². The number of nitriles is 1. The maximum atomic E-state index is 12.1. The lowest BCUT2D eigenvalue weighted by atomic mass is 10.1. The summed E-state index contributed by atoms with van der Waals surface area (Å²) in [4.78, 5) is 12.1. The van der Waals surface area contributed by atoms with Crippen LogP contribution >= 0.6 is 11.3 Å². The predicted molar refractivity (Wildman–Crippen MR) is 86.0 cm³/mol. The van der Waals surface area contributed by atoms with Gasteiger partial charge in [-0.2, -0.15) is 5.26 Å². The number of carbonyl (C=O) groups excluding carboxylic acids is 1. The number of hydrogen-bond acceptors (Lipinski definition) is 7. The van der Waals surface area contributed by atoms with Crippen LogP contribution in [0.25, 0.3) is 6.08 Å². The van der Waals surface area contributed by atoms with Crippen molar-refractivity contribution in [1.82, 2.24) is 10.2 Å². The van der Waals surface area contributed by atoms with Crippen molar-refractivity contribution in [3.8, 4) is 17.6 Å². The second kappa shape index (κ2) is 6.89. The van der Waals surface area contributed by atoms with Gasteiger partial charge in [-0.25, -0.2) is 0 Å². The molecule has 118 valence electrons. The first-order valence-corrected chi connectivity index (χ1v) is 7.51. The molecule has 0 unspecified atom stereocenters. The number of phenolic OH excluding ortho intramolecular Hbond substituents is 2. The molecule has 0 bridgehead atoms. The summed E-state index contributed by atoms with van der Waals surface area (Å²) >= 11 is 1.24. The maximum Gasteiger partial charge on any atom is 0.268 e. The number of amides is 1. The predicted octanol–water partition coefficient (Wildman–Crippen LogP) is 2.62. The van der Waals surface area contributed by atoms with Crippen LogP contribution in [-0.4, -0.2) is 26.3 Å². The van der Waals surface area contributed by atoms with Crippen molar-refractivity contribution in [3.05, 3.63) is 34.3 Å². The molecule has 8 heteroatoms. The van der Waals surface area contributed by atoms with Crippen molar-refractivity contribution in [2.45, 2.75) is 19.8 Å². The molecule has 0 aliphatic heterocycles. The minimum absolute atomic E-state index is 0.156. The average Bonchev–Trinajstić information content (AvgIpc) is 2.97. The Bertz CT molecular complexity index is 805. The third-order valence-corrected chi connectivity index (χ3v) is 3.97. The fourth-order valence-electron chi connectivity index (χ4n) is 1.63. The van der Waals surface area contributed by atoms with Crippen molar-refractivity contribution in [2.24, 2.45) is 0 Å². The van der Waals surface area contributed by atoms with Gasteiger partial charge in [0.05, 0.1) is 0 Å². The molecule has 3 N–H and O–H groups in total. The number of hydrogen-bond donors (Lipinski definition) is 3. The standard InChI is InChI=1S/C15H14N4O3S/c1-8(2)14-18-19-15(23-14)17-13(22)10(7-16)5-9-3-4-11(20)12(21)6-9/h3-6,8,20-21H,1-2H3,(H,17,19,22)/b10-5+. The topological polar surface area (TPSA) is 119 Å². The van der Waals surface area contributed by atoms with Crippen molar-refractivity contribution < 1.29 is 15.0 Å². The van der Waals surface area contributed by atoms with E-state index in [-0.39, 0.29) is 23.0 Å². The Morgan fingerprint density at radius 2 is 2.09 bits per heavy atom. The quantitative estimate of drug-likeness (QED) is 0.450. The van der Waals surface area contributed by atoms with Gasteiger partial charge in [-0.15, -0.1) is 10.2 Å². The lowest BCUT2D eigenvalue weighted by molar-refractivity contribution is -0.112. The molecule has 0 fully saturated rings. The molecule has 0 aliphatic carbocycles. The molecular weight excluding hydrogens is 316 g/mol. The zero-order valence-electron chi connectivity index (χ0n) is 12.4. The summed E-state index contributed by atoms with van der Waals surface area (Å²) in [5.74, 6) is -1.03. The molecule has 0 spiro atoms. The number of aromatic hydroxyl groups is 2. The van der Waals surface area contributed by atoms with Crippen LogP contribution in [0.5, 0.6) is 11.5 Å². The molecule has 1 heterocycles. The zero-order chi connectivity index (χ0) is 17.0. The molecule has 0 radical (unpaired) electrons. The first-order valence-electron chi connectivity index (χ1n) is 6.69. The van der Waals surface area contributed by atoms with E-state index in [0.29, 0.717) is 10.7 Å². The van der Waals surface area contributed by atoms with Crippen molar-refractivity contribution in [3.63, 3.8) is 0 Å². The van der Waals surface area contributed by atoms with Crippen molar-refractivity contribution in [2.75, 3.05) is 5.32 Å². The highest BCUT2D eigenvalue weighted by molar-refractivity contribution is 7.15. The minimum atomic E-state index is -0.619. The van der Waals surface area contributed by atoms with E-state index in [9.17, 15) is 15.0 Å². The van der Waals surface area contributed by atoms with E-state index < -0.39 is 5.91 Å². The van der Waals surface area contributed by atoms with Crippen LogP contribution in [0.1, 0.15) is 30.3 Å². The Kier molecular flexibility index (Phi) is 4.93. The molecule has 7 nitrogen and oxygen atoms in total. The highest BCUT2D eigenvalue weighted by Gasteiger charge is 2.14. The fraction of sp³-hybridized carbons (Fsp3) is 0.200. The number of nitrogens with one attached hydrogen (secondary N) is 1. The van der Waals surface area contributed by atoms with Gasteiger partial charge < -0.3 is 10.2 Å². The van der Waals surface area contributed by atoms with Gasteiger partial charge >= 0.3 is 0 Å². The molecule has 2 aromatic rings. The number of nitrogens with zero attached hydrogens (tertiary/aromatic N) is 3. The summed E-state index contributed by atoms with van der Waals surface area (Å²) in [5, 5.41) is 39.2. The van der Waals surface area contributed by atoms with Gasteiger partial charge in [-0.1, -0.05) is 31.3 Å². The Labute approximate surface area is 136 Å². The normalized spacial score (nSPS) is 11.3. The van der Waals surface area contributed by atoms with E-state index in [1.165, 1.54) is 35.6 Å². The second-order valence-corrected chi connectivity index (χ2v) is 5.98. The van der Waals surface area contributed by atoms with E-state index >= 15 is 0 Å². The summed E-state index contributed by atoms with van der Waals surface area (Å²) in [5.41, 5.74) is 0.253. The van der Waals surface area contributed by atoms with Crippen LogP contribution in [-0.2, 0) is 4.79 Å². The number of benzene rings is 1.